The second-order valence-electron chi connectivity index (χ2n) is 19.2. The highest BCUT2D eigenvalue weighted by Gasteiger charge is 2.36. The van der Waals surface area contributed by atoms with E-state index in [2.05, 4.69) is 67.5 Å². The summed E-state index contributed by atoms with van der Waals surface area (Å²) in [5.41, 5.74) is 18.2. The van der Waals surface area contributed by atoms with Gasteiger partial charge in [0.15, 0.2) is 5.96 Å². The number of aromatic nitrogens is 4. The minimum atomic E-state index is -1.54. The monoisotopic (exact) mass is 1080 g/mol. The quantitative estimate of drug-likeness (QED) is 0.0165. The molecule has 2 heterocycles. The molecular formula is C49H74N16O12. The van der Waals surface area contributed by atoms with Gasteiger partial charge in [-0.15, -0.1) is 0 Å². The predicted octanol–water partition coefficient (Wildman–Crippen LogP) is -2.89. The molecule has 0 aliphatic heterocycles. The molecule has 28 nitrogen and oxygen atoms in total. The first-order valence-electron chi connectivity index (χ1n) is 25.0. The van der Waals surface area contributed by atoms with Gasteiger partial charge in [0.1, 0.15) is 48.3 Å². The number of guanidine groups is 1. The lowest BCUT2D eigenvalue weighted by atomic mass is 10.0. The van der Waals surface area contributed by atoms with E-state index in [1.807, 2.05) is 0 Å². The van der Waals surface area contributed by atoms with Gasteiger partial charge < -0.3 is 79.9 Å². The summed E-state index contributed by atoms with van der Waals surface area (Å²) in [6.45, 7) is 9.44. The molecule has 8 amide bonds. The van der Waals surface area contributed by atoms with Crippen LogP contribution in [0.5, 0.6) is 0 Å². The maximum atomic E-state index is 14.3. The minimum Gasteiger partial charge on any atom is -0.481 e. The fourth-order valence-corrected chi connectivity index (χ4v) is 7.56. The predicted molar refractivity (Wildman–Crippen MR) is 278 cm³/mol. The first kappa shape index (κ1) is 62.9. The summed E-state index contributed by atoms with van der Waals surface area (Å²) in [5.74, 6) is -10.4. The maximum absolute atomic E-state index is 14.3. The van der Waals surface area contributed by atoms with E-state index in [9.17, 15) is 58.2 Å². The van der Waals surface area contributed by atoms with Crippen LogP contribution in [0.1, 0.15) is 90.6 Å². The van der Waals surface area contributed by atoms with Crippen molar-refractivity contribution in [1.29, 1.82) is 0 Å². The van der Waals surface area contributed by atoms with E-state index in [-0.39, 0.29) is 56.9 Å². The molecule has 0 radical (unpaired) electrons. The van der Waals surface area contributed by atoms with Gasteiger partial charge in [-0.1, -0.05) is 58.0 Å². The Morgan fingerprint density at radius 2 is 1.04 bits per heavy atom. The zero-order valence-corrected chi connectivity index (χ0v) is 44.0. The minimum absolute atomic E-state index is 0.00727. The molecule has 3 aromatic rings. The van der Waals surface area contributed by atoms with Crippen molar-refractivity contribution in [2.45, 2.75) is 147 Å². The topological polar surface area (TPSA) is 455 Å². The summed E-state index contributed by atoms with van der Waals surface area (Å²) in [7, 11) is 0. The smallest absolute Gasteiger partial charge is 0.326 e. The number of aliphatic carboxylic acids is 2. The molecule has 0 aliphatic rings. The van der Waals surface area contributed by atoms with Crippen LogP contribution >= 0.6 is 0 Å². The van der Waals surface area contributed by atoms with Gasteiger partial charge in [-0.25, -0.2) is 14.8 Å². The number of aliphatic imine (C=N–C) groups is 1. The van der Waals surface area contributed by atoms with Gasteiger partial charge in [-0.05, 0) is 56.9 Å². The van der Waals surface area contributed by atoms with Crippen LogP contribution in [0.4, 0.5) is 0 Å². The fraction of sp³-hybridized carbons (Fsp3) is 0.531. The fourth-order valence-electron chi connectivity index (χ4n) is 7.56. The molecular weight excluding hydrogens is 1000 g/mol. The lowest BCUT2D eigenvalue weighted by Crippen LogP contribution is -2.61. The number of hydrogen-bond donors (Lipinski definition) is 15. The molecule has 0 saturated heterocycles. The summed E-state index contributed by atoms with van der Waals surface area (Å²) >= 11 is 0. The number of nitrogens with zero attached hydrogens (tertiary/aromatic N) is 3. The van der Waals surface area contributed by atoms with E-state index in [1.54, 1.807) is 58.0 Å². The number of carbonyl (C=O) groups excluding carboxylic acids is 8. The van der Waals surface area contributed by atoms with Crippen LogP contribution in [0, 0.1) is 11.8 Å². The van der Waals surface area contributed by atoms with Crippen molar-refractivity contribution in [3.63, 3.8) is 0 Å². The molecule has 77 heavy (non-hydrogen) atoms. The van der Waals surface area contributed by atoms with Crippen LogP contribution < -0.4 is 59.7 Å². The number of carboxylic acid groups (broad SMARTS) is 2. The number of H-pyrrole nitrogens is 2. The van der Waals surface area contributed by atoms with Crippen molar-refractivity contribution >= 4 is 65.2 Å². The van der Waals surface area contributed by atoms with Gasteiger partial charge in [0.25, 0.3) is 0 Å². The third kappa shape index (κ3) is 22.5. The van der Waals surface area contributed by atoms with Crippen molar-refractivity contribution in [3.05, 3.63) is 72.3 Å². The molecule has 18 N–H and O–H groups in total. The Balaban J connectivity index is 1.85. The van der Waals surface area contributed by atoms with Crippen LogP contribution in [-0.2, 0) is 67.2 Å². The molecule has 0 aliphatic carbocycles. The number of aromatic amines is 2. The molecule has 0 bridgehead atoms. The Kier molecular flexibility index (Phi) is 25.7. The molecule has 3 rings (SSSR count). The Hall–Kier alpha value is -8.43. The number of hydrogen-bond acceptors (Lipinski definition) is 14. The zero-order chi connectivity index (χ0) is 57.4. The Morgan fingerprint density at radius 1 is 0.571 bits per heavy atom. The first-order valence-corrected chi connectivity index (χ1v) is 25.0. The lowest BCUT2D eigenvalue weighted by Gasteiger charge is -2.28. The Bertz CT molecular complexity index is 2470. The third-order valence-electron chi connectivity index (χ3n) is 11.7. The van der Waals surface area contributed by atoms with Crippen molar-refractivity contribution in [2.24, 2.45) is 34.0 Å². The molecule has 422 valence electrons. The number of carbonyl (C=O) groups is 10. The van der Waals surface area contributed by atoms with Crippen LogP contribution in [0.3, 0.4) is 0 Å². The molecule has 0 unspecified atom stereocenters. The maximum Gasteiger partial charge on any atom is 0.326 e. The number of benzene rings is 1. The summed E-state index contributed by atoms with van der Waals surface area (Å²) in [6.07, 6.45) is 4.27. The van der Waals surface area contributed by atoms with E-state index in [1.165, 1.54) is 38.9 Å². The molecule has 0 saturated carbocycles. The number of imidazole rings is 2. The number of nitrogens with two attached hydrogens (primary N) is 3. The SMILES string of the molecule is CC(C)C[C@H](NC(=O)[C@H](CCC(=O)O)NC(=O)[C@H](CCCN=C(N)N)NC(=O)[C@H](C)NC(=O)[C@@H](NC(=O)[C@H](Cc1cnc[nH]1)NC(=O)[C@H](Cc1cnc[nH]1)NC(=O)[C@H](Cc1ccccc1)NC(=O)[C@H](C)N)C(C)C)C(=O)O. The van der Waals surface area contributed by atoms with Gasteiger partial charge in [-0.2, -0.15) is 0 Å². The van der Waals surface area contributed by atoms with E-state index in [0.29, 0.717) is 17.0 Å². The highest BCUT2D eigenvalue weighted by molar-refractivity contribution is 5.98. The highest BCUT2D eigenvalue weighted by atomic mass is 16.4. The standard InChI is InChI=1S/C49H74N16O12/c1-25(2)17-37(48(76)77)64-43(71)33(14-15-38(66)67)60-42(70)32(13-10-16-55-49(51)52)59-41(69)28(6)58-47(75)39(26(3)4)65-46(74)36(20-31-22-54-24-57-31)63-45(73)35(19-30-21-53-23-56-30)62-44(72)34(61-40(68)27(5)50)18-29-11-8-7-9-12-29/h7-9,11-12,21-28,32-37,39H,10,13-20,50H2,1-6H3,(H,53,56)(H,54,57)(H,58,75)(H,59,69)(H,60,70)(H,61,68)(H,62,72)(H,63,73)(H,64,71)(H,65,74)(H,66,67)(H,76,77)(H4,51,52,55)/t27-,28-,32-,33-,34-,35-,36-,37-,39-/m0/s1. The Labute approximate surface area is 444 Å². The molecule has 28 heteroatoms. The lowest BCUT2D eigenvalue weighted by molar-refractivity contribution is -0.143. The van der Waals surface area contributed by atoms with Crippen LogP contribution in [-0.4, -0.2) is 156 Å². The van der Waals surface area contributed by atoms with Crippen molar-refractivity contribution in [1.82, 2.24) is 62.5 Å². The zero-order valence-electron chi connectivity index (χ0n) is 44.0. The largest absolute Gasteiger partial charge is 0.481 e. The normalized spacial score (nSPS) is 14.6. The number of amides is 8. The average molecular weight is 1080 g/mol. The molecule has 2 aromatic heterocycles. The third-order valence-corrected chi connectivity index (χ3v) is 11.7. The van der Waals surface area contributed by atoms with Gasteiger partial charge in [0.2, 0.25) is 47.3 Å². The summed E-state index contributed by atoms with van der Waals surface area (Å²) in [4.78, 5) is 151. The van der Waals surface area contributed by atoms with Crippen molar-refractivity contribution in [3.8, 4) is 0 Å². The summed E-state index contributed by atoms with van der Waals surface area (Å²) in [6, 6.07) is -3.16. The molecule has 1 aromatic carbocycles. The van der Waals surface area contributed by atoms with E-state index >= 15 is 0 Å². The highest BCUT2D eigenvalue weighted by Crippen LogP contribution is 2.12. The second-order valence-corrected chi connectivity index (χ2v) is 19.2. The van der Waals surface area contributed by atoms with Crippen LogP contribution in [0.15, 0.2) is 60.4 Å². The molecule has 0 fully saturated rings. The number of nitrogens with one attached hydrogen (secondary N) is 10. The van der Waals surface area contributed by atoms with Gasteiger partial charge in [-0.3, -0.25) is 48.1 Å². The van der Waals surface area contributed by atoms with E-state index in [0.717, 1.165) is 0 Å². The van der Waals surface area contributed by atoms with E-state index in [4.69, 9.17) is 17.2 Å². The van der Waals surface area contributed by atoms with Crippen molar-refractivity contribution in [2.75, 3.05) is 6.54 Å². The number of carboxylic acids is 2. The average Bonchev–Trinajstić information content (AvgIpc) is 4.09. The van der Waals surface area contributed by atoms with Gasteiger partial charge >= 0.3 is 11.9 Å². The molecule has 0 spiro atoms. The number of rotatable bonds is 33. The second kappa shape index (κ2) is 31.5. The summed E-state index contributed by atoms with van der Waals surface area (Å²) in [5, 5.41) is 39.6. The van der Waals surface area contributed by atoms with Gasteiger partial charge in [0.05, 0.1) is 18.7 Å². The van der Waals surface area contributed by atoms with Crippen LogP contribution in [0.2, 0.25) is 0 Å². The Morgan fingerprint density at radius 3 is 1.51 bits per heavy atom. The van der Waals surface area contributed by atoms with E-state index < -0.39 is 132 Å². The summed E-state index contributed by atoms with van der Waals surface area (Å²) < 4.78 is 0. The first-order chi connectivity index (χ1) is 36.3. The molecule has 9 atom stereocenters. The van der Waals surface area contributed by atoms with Crippen molar-refractivity contribution < 1.29 is 58.2 Å². The van der Waals surface area contributed by atoms with Crippen LogP contribution in [0.25, 0.3) is 0 Å². The van der Waals surface area contributed by atoms with Gasteiger partial charge in [0, 0.05) is 56.0 Å².